The first kappa shape index (κ1) is 33.2. The van der Waals surface area contributed by atoms with Gasteiger partial charge in [0.05, 0.1) is 25.3 Å². The number of nitrogens with one attached hydrogen (secondary N) is 3. The van der Waals surface area contributed by atoms with Crippen molar-refractivity contribution in [2.45, 2.75) is 43.9 Å². The van der Waals surface area contributed by atoms with Crippen LogP contribution in [0.3, 0.4) is 0 Å². The van der Waals surface area contributed by atoms with Crippen molar-refractivity contribution in [1.82, 2.24) is 20.9 Å². The highest BCUT2D eigenvalue weighted by Crippen LogP contribution is 2.45. The Kier molecular flexibility index (Phi) is 11.7. The fraction of sp³-hybridized carbons (Fsp3) is 0.303. The van der Waals surface area contributed by atoms with Crippen LogP contribution in [0, 0.1) is 17.7 Å². The molecule has 0 spiro atoms. The Balaban J connectivity index is 0.000000206. The predicted octanol–water partition coefficient (Wildman–Crippen LogP) is 2.93. The predicted molar refractivity (Wildman–Crippen MR) is 172 cm³/mol. The van der Waals surface area contributed by atoms with E-state index >= 15 is 0 Å². The van der Waals surface area contributed by atoms with Gasteiger partial charge in [-0.25, -0.2) is 9.37 Å². The topological polar surface area (TPSA) is 148 Å². The summed E-state index contributed by atoms with van der Waals surface area (Å²) < 4.78 is 19.0. The van der Waals surface area contributed by atoms with Gasteiger partial charge in [-0.15, -0.1) is 11.3 Å². The Labute approximate surface area is 265 Å². The van der Waals surface area contributed by atoms with E-state index in [2.05, 4.69) is 37.8 Å². The van der Waals surface area contributed by atoms with Crippen LogP contribution in [0.5, 0.6) is 0 Å². The number of aldehydes is 1. The second-order valence-electron chi connectivity index (χ2n) is 10.5. The van der Waals surface area contributed by atoms with Gasteiger partial charge in [-0.3, -0.25) is 19.4 Å². The molecule has 1 aliphatic carbocycles. The quantitative estimate of drug-likeness (QED) is 0.123. The van der Waals surface area contributed by atoms with E-state index in [0.29, 0.717) is 35.6 Å². The summed E-state index contributed by atoms with van der Waals surface area (Å²) in [6.45, 7) is 3.06. The summed E-state index contributed by atoms with van der Waals surface area (Å²) in [6, 6.07) is 11.6. The largest absolute Gasteiger partial charge is 0.404 e. The van der Waals surface area contributed by atoms with E-state index in [9.17, 15) is 18.8 Å². The first-order valence-corrected chi connectivity index (χ1v) is 15.2. The maximum atomic E-state index is 13.9. The van der Waals surface area contributed by atoms with Crippen LogP contribution >= 0.6 is 11.3 Å². The number of allylic oxidation sites excluding steroid dienone is 1. The Bertz CT molecular complexity index is 1620. The molecule has 0 radical (unpaired) electrons. The highest BCUT2D eigenvalue weighted by Gasteiger charge is 2.43. The van der Waals surface area contributed by atoms with E-state index in [1.807, 2.05) is 13.1 Å². The lowest BCUT2D eigenvalue weighted by atomic mass is 9.98. The first-order chi connectivity index (χ1) is 21.8. The maximum absolute atomic E-state index is 13.9. The molecule has 3 aromatic rings. The van der Waals surface area contributed by atoms with E-state index in [-0.39, 0.29) is 23.9 Å². The molecular formula is C33H35FN6O4S. The third kappa shape index (κ3) is 9.39. The third-order valence-corrected chi connectivity index (χ3v) is 7.93. The van der Waals surface area contributed by atoms with Crippen molar-refractivity contribution in [3.63, 3.8) is 0 Å². The average molecular weight is 631 g/mol. The average Bonchev–Trinajstić information content (AvgIpc) is 3.66. The van der Waals surface area contributed by atoms with Crippen molar-refractivity contribution in [3.8, 4) is 11.8 Å². The number of hydrogen-bond donors (Lipinski definition) is 4. The number of nitrogens with two attached hydrogens (primary N) is 1. The molecule has 1 unspecified atom stereocenters. The van der Waals surface area contributed by atoms with Gasteiger partial charge >= 0.3 is 11.8 Å². The number of carbonyl (C=O) groups is 3. The molecule has 1 aliphatic heterocycles. The van der Waals surface area contributed by atoms with E-state index in [1.54, 1.807) is 55.0 Å². The molecule has 0 bridgehead atoms. The zero-order chi connectivity index (χ0) is 32.2. The van der Waals surface area contributed by atoms with Crippen molar-refractivity contribution in [1.29, 1.82) is 0 Å². The zero-order valence-electron chi connectivity index (χ0n) is 25.0. The molecule has 1 saturated carbocycles. The van der Waals surface area contributed by atoms with Crippen LogP contribution in [0.4, 0.5) is 4.39 Å². The van der Waals surface area contributed by atoms with Crippen LogP contribution in [0.15, 0.2) is 65.2 Å². The van der Waals surface area contributed by atoms with E-state index in [0.717, 1.165) is 29.5 Å². The van der Waals surface area contributed by atoms with E-state index in [4.69, 9.17) is 10.5 Å². The van der Waals surface area contributed by atoms with Gasteiger partial charge in [-0.2, -0.15) is 0 Å². The van der Waals surface area contributed by atoms with Crippen molar-refractivity contribution >= 4 is 41.2 Å². The van der Waals surface area contributed by atoms with Gasteiger partial charge in [0.2, 0.25) is 0 Å². The lowest BCUT2D eigenvalue weighted by molar-refractivity contribution is -0.139. The van der Waals surface area contributed by atoms with Crippen LogP contribution in [0.1, 0.15) is 51.8 Å². The number of carbonyl (C=O) groups excluding carboxylic acids is 3. The molecule has 5 rings (SSSR count). The summed E-state index contributed by atoms with van der Waals surface area (Å²) in [7, 11) is 1.91. The highest BCUT2D eigenvalue weighted by molar-refractivity contribution is 7.10. The Morgan fingerprint density at radius 1 is 1.24 bits per heavy atom. The smallest absolute Gasteiger partial charge is 0.310 e. The number of amides is 2. The first-order valence-electron chi connectivity index (χ1n) is 14.3. The molecule has 234 valence electrons. The SMILES string of the molecule is CC(C#Cc1nccs1)NC(=O)C(=O)NCc1ccccc1C=O.CNC1(c2cc(F)cc(/C(C=NC3COC3)=C/N)c2)CC1. The van der Waals surface area contributed by atoms with Gasteiger partial charge in [0.25, 0.3) is 0 Å². The molecule has 2 heterocycles. The molecule has 2 amide bonds. The molecule has 10 nitrogen and oxygen atoms in total. The summed E-state index contributed by atoms with van der Waals surface area (Å²) in [6.07, 6.45) is 7.59. The number of halogens is 1. The highest BCUT2D eigenvalue weighted by atomic mass is 32.1. The molecular weight excluding hydrogens is 595 g/mol. The summed E-state index contributed by atoms with van der Waals surface area (Å²) in [5, 5.41) is 10.7. The number of rotatable bonds is 9. The monoisotopic (exact) mass is 630 g/mol. The molecule has 2 aliphatic rings. The molecule has 1 aromatic heterocycles. The summed E-state index contributed by atoms with van der Waals surface area (Å²) in [5.74, 6) is 3.81. The van der Waals surface area contributed by atoms with Crippen molar-refractivity contribution < 1.29 is 23.5 Å². The molecule has 1 saturated heterocycles. The van der Waals surface area contributed by atoms with Crippen LogP contribution < -0.4 is 21.7 Å². The molecule has 45 heavy (non-hydrogen) atoms. The lowest BCUT2D eigenvalue weighted by Crippen LogP contribution is -2.43. The third-order valence-electron chi connectivity index (χ3n) is 7.24. The fourth-order valence-electron chi connectivity index (χ4n) is 4.37. The summed E-state index contributed by atoms with van der Waals surface area (Å²) in [4.78, 5) is 42.9. The maximum Gasteiger partial charge on any atom is 0.310 e. The van der Waals surface area contributed by atoms with Gasteiger partial charge in [0.15, 0.2) is 5.01 Å². The minimum Gasteiger partial charge on any atom is -0.404 e. The number of ether oxygens (including phenoxy) is 1. The Hall–Kier alpha value is -4.70. The van der Waals surface area contributed by atoms with Crippen molar-refractivity contribution in [2.75, 3.05) is 20.3 Å². The minimum absolute atomic E-state index is 0.0739. The normalized spacial score (nSPS) is 15.8. The number of hydrogen-bond acceptors (Lipinski definition) is 9. The second kappa shape index (κ2) is 15.9. The van der Waals surface area contributed by atoms with Crippen LogP contribution in [-0.2, 0) is 26.4 Å². The number of nitrogens with zero attached hydrogens (tertiary/aromatic N) is 2. The summed E-state index contributed by atoms with van der Waals surface area (Å²) >= 11 is 1.39. The van der Waals surface area contributed by atoms with Crippen molar-refractivity contribution in [3.05, 3.63) is 93.3 Å². The van der Waals surface area contributed by atoms with Gasteiger partial charge in [-0.05, 0) is 67.6 Å². The molecule has 1 atom stereocenters. The number of aromatic nitrogens is 1. The molecule has 2 fully saturated rings. The fourth-order valence-corrected chi connectivity index (χ4v) is 4.86. The Morgan fingerprint density at radius 3 is 2.64 bits per heavy atom. The zero-order valence-corrected chi connectivity index (χ0v) is 25.8. The standard InChI is InChI=1S/C17H15N3O3S.C16H20FN3O/c1-12(6-7-15-18-8-9-24-15)20-17(23)16(22)19-10-13-4-2-3-5-14(13)11-21;1-19-16(2-3-16)13-4-11(5-14(17)6-13)12(7-18)8-20-15-9-21-10-15/h2-5,8-9,11-12H,10H2,1H3,(H,19,22)(H,20,23);4-8,15,19H,2-3,9-10,18H2,1H3/b;12-7+,20-8?. The van der Waals surface area contributed by atoms with Gasteiger partial charge in [-0.1, -0.05) is 30.2 Å². The van der Waals surface area contributed by atoms with Gasteiger partial charge in [0, 0.05) is 47.2 Å². The van der Waals surface area contributed by atoms with Crippen LogP contribution in [0.25, 0.3) is 5.57 Å². The van der Waals surface area contributed by atoms with E-state index in [1.165, 1.54) is 23.6 Å². The van der Waals surface area contributed by atoms with Crippen molar-refractivity contribution in [2.24, 2.45) is 10.7 Å². The Morgan fingerprint density at radius 2 is 2.02 bits per heavy atom. The van der Waals surface area contributed by atoms with Gasteiger partial charge < -0.3 is 26.4 Å². The van der Waals surface area contributed by atoms with E-state index < -0.39 is 17.9 Å². The molecule has 5 N–H and O–H groups in total. The van der Waals surface area contributed by atoms with Crippen LogP contribution in [-0.4, -0.2) is 61.6 Å². The second-order valence-corrected chi connectivity index (χ2v) is 11.3. The van der Waals surface area contributed by atoms with Crippen LogP contribution in [0.2, 0.25) is 0 Å². The minimum atomic E-state index is -0.779. The lowest BCUT2D eigenvalue weighted by Gasteiger charge is -2.21. The van der Waals surface area contributed by atoms with Gasteiger partial charge in [0.1, 0.15) is 12.1 Å². The molecule has 2 aromatic carbocycles. The number of aliphatic imine (C=N–C) groups is 1. The summed E-state index contributed by atoms with van der Waals surface area (Å²) in [5.41, 5.74) is 9.19. The number of benzene rings is 2. The number of thiazole rings is 1. The molecule has 12 heteroatoms.